The fourth-order valence-electron chi connectivity index (χ4n) is 1.65. The molecule has 1 aromatic carbocycles. The molecule has 5 nitrogen and oxygen atoms in total. The van der Waals surface area contributed by atoms with Crippen molar-refractivity contribution in [3.05, 3.63) is 64.0 Å². The lowest BCUT2D eigenvalue weighted by molar-refractivity contribution is -0.384. The molecule has 18 heavy (non-hydrogen) atoms. The highest BCUT2D eigenvalue weighted by Gasteiger charge is 2.05. The number of non-ortho nitro benzene ring substituents is 1. The van der Waals surface area contributed by atoms with E-state index < -0.39 is 0 Å². The second kappa shape index (κ2) is 5.27. The number of rotatable bonds is 4. The fourth-order valence-corrected chi connectivity index (χ4v) is 1.65. The first kappa shape index (κ1) is 12.0. The number of nitro benzene ring substituents is 1. The van der Waals surface area contributed by atoms with Crippen LogP contribution < -0.4 is 5.32 Å². The van der Waals surface area contributed by atoms with Crippen molar-refractivity contribution >= 4 is 11.4 Å². The van der Waals surface area contributed by atoms with Gasteiger partial charge in [-0.15, -0.1) is 0 Å². The smallest absolute Gasteiger partial charge is 0.269 e. The summed E-state index contributed by atoms with van der Waals surface area (Å²) >= 11 is 0. The molecule has 1 heterocycles. The van der Waals surface area contributed by atoms with Gasteiger partial charge in [-0.1, -0.05) is 12.1 Å². The molecule has 0 saturated heterocycles. The molecule has 0 aliphatic rings. The summed E-state index contributed by atoms with van der Waals surface area (Å²) in [6.45, 7) is 2.51. The van der Waals surface area contributed by atoms with E-state index in [4.69, 9.17) is 0 Å². The van der Waals surface area contributed by atoms with Crippen molar-refractivity contribution in [3.63, 3.8) is 0 Å². The van der Waals surface area contributed by atoms with Crippen LogP contribution in [0.4, 0.5) is 11.4 Å². The number of hydrogen-bond donors (Lipinski definition) is 1. The molecule has 1 aromatic heterocycles. The average Bonchev–Trinajstić information content (AvgIpc) is 2.38. The molecular formula is C13H13N3O2. The van der Waals surface area contributed by atoms with E-state index in [1.54, 1.807) is 24.5 Å². The molecule has 0 amide bonds. The minimum absolute atomic E-state index is 0.112. The van der Waals surface area contributed by atoms with Crippen LogP contribution in [0, 0.1) is 17.0 Å². The Morgan fingerprint density at radius 3 is 2.94 bits per heavy atom. The van der Waals surface area contributed by atoms with Crippen molar-refractivity contribution in [3.8, 4) is 0 Å². The maximum Gasteiger partial charge on any atom is 0.269 e. The normalized spacial score (nSPS) is 10.1. The van der Waals surface area contributed by atoms with Crippen LogP contribution in [0.15, 0.2) is 42.7 Å². The van der Waals surface area contributed by atoms with E-state index in [9.17, 15) is 10.1 Å². The van der Waals surface area contributed by atoms with Crippen LogP contribution >= 0.6 is 0 Å². The van der Waals surface area contributed by atoms with Crippen molar-refractivity contribution in [1.82, 2.24) is 4.98 Å². The highest BCUT2D eigenvalue weighted by molar-refractivity contribution is 5.49. The van der Waals surface area contributed by atoms with Crippen molar-refractivity contribution in [2.75, 3.05) is 5.32 Å². The third-order valence-electron chi connectivity index (χ3n) is 2.62. The van der Waals surface area contributed by atoms with Gasteiger partial charge in [-0.05, 0) is 24.1 Å². The molecule has 0 fully saturated rings. The molecule has 5 heteroatoms. The Morgan fingerprint density at radius 1 is 1.39 bits per heavy atom. The summed E-state index contributed by atoms with van der Waals surface area (Å²) in [5.74, 6) is 0. The molecule has 1 N–H and O–H groups in total. The number of hydrogen-bond acceptors (Lipinski definition) is 4. The Kier molecular flexibility index (Phi) is 3.52. The first-order chi connectivity index (χ1) is 8.66. The monoisotopic (exact) mass is 243 g/mol. The molecule has 0 aliphatic carbocycles. The molecule has 0 atom stereocenters. The quantitative estimate of drug-likeness (QED) is 0.662. The van der Waals surface area contributed by atoms with Gasteiger partial charge in [-0.2, -0.15) is 0 Å². The van der Waals surface area contributed by atoms with Crippen LogP contribution in [0.5, 0.6) is 0 Å². The van der Waals surface area contributed by atoms with Gasteiger partial charge in [0.1, 0.15) is 0 Å². The fraction of sp³-hybridized carbons (Fsp3) is 0.154. The first-order valence-corrected chi connectivity index (χ1v) is 5.54. The molecular weight excluding hydrogens is 230 g/mol. The van der Waals surface area contributed by atoms with Gasteiger partial charge in [0.15, 0.2) is 0 Å². The number of nitro groups is 1. The molecule has 2 aromatic rings. The number of benzene rings is 1. The van der Waals surface area contributed by atoms with Crippen LogP contribution in [-0.2, 0) is 6.54 Å². The highest BCUT2D eigenvalue weighted by Crippen LogP contribution is 2.16. The zero-order chi connectivity index (χ0) is 13.0. The SMILES string of the molecule is Cc1cnccc1NCc1cccc([N+](=O)[O-])c1. The van der Waals surface area contributed by atoms with Gasteiger partial charge in [0.05, 0.1) is 4.92 Å². The van der Waals surface area contributed by atoms with E-state index in [0.29, 0.717) is 6.54 Å². The summed E-state index contributed by atoms with van der Waals surface area (Å²) in [6.07, 6.45) is 3.48. The van der Waals surface area contributed by atoms with Crippen molar-refractivity contribution < 1.29 is 4.92 Å². The van der Waals surface area contributed by atoms with Crippen LogP contribution in [0.3, 0.4) is 0 Å². The zero-order valence-corrected chi connectivity index (χ0v) is 9.96. The predicted octanol–water partition coefficient (Wildman–Crippen LogP) is 2.91. The summed E-state index contributed by atoms with van der Waals surface area (Å²) in [4.78, 5) is 14.3. The molecule has 0 spiro atoms. The van der Waals surface area contributed by atoms with Crippen molar-refractivity contribution in [2.24, 2.45) is 0 Å². The van der Waals surface area contributed by atoms with E-state index in [1.165, 1.54) is 6.07 Å². The molecule has 0 bridgehead atoms. The first-order valence-electron chi connectivity index (χ1n) is 5.54. The van der Waals surface area contributed by atoms with Crippen LogP contribution in [0.2, 0.25) is 0 Å². The van der Waals surface area contributed by atoms with Crippen LogP contribution in [0.25, 0.3) is 0 Å². The van der Waals surface area contributed by atoms with Crippen LogP contribution in [-0.4, -0.2) is 9.91 Å². The third-order valence-corrected chi connectivity index (χ3v) is 2.62. The number of nitrogens with one attached hydrogen (secondary N) is 1. The summed E-state index contributed by atoms with van der Waals surface area (Å²) in [7, 11) is 0. The summed E-state index contributed by atoms with van der Waals surface area (Å²) in [5.41, 5.74) is 3.01. The van der Waals surface area contributed by atoms with Gasteiger partial charge in [0.2, 0.25) is 0 Å². The van der Waals surface area contributed by atoms with Crippen LogP contribution in [0.1, 0.15) is 11.1 Å². The maximum atomic E-state index is 10.7. The van der Waals surface area contributed by atoms with Crippen molar-refractivity contribution in [2.45, 2.75) is 13.5 Å². The van der Waals surface area contributed by atoms with E-state index >= 15 is 0 Å². The standard InChI is InChI=1S/C13H13N3O2/c1-10-8-14-6-5-13(10)15-9-11-3-2-4-12(7-11)16(17)18/h2-8H,9H2,1H3,(H,14,15). The summed E-state index contributed by atoms with van der Waals surface area (Å²) < 4.78 is 0. The van der Waals surface area contributed by atoms with E-state index in [2.05, 4.69) is 10.3 Å². The minimum atomic E-state index is -0.388. The Morgan fingerprint density at radius 2 is 2.22 bits per heavy atom. The number of pyridine rings is 1. The average molecular weight is 243 g/mol. The molecule has 2 rings (SSSR count). The van der Waals surface area contributed by atoms with E-state index in [-0.39, 0.29) is 10.6 Å². The Hall–Kier alpha value is -2.43. The highest BCUT2D eigenvalue weighted by atomic mass is 16.6. The molecule has 0 aliphatic heterocycles. The van der Waals surface area contributed by atoms with E-state index in [1.807, 2.05) is 19.1 Å². The minimum Gasteiger partial charge on any atom is -0.381 e. The Labute approximate surface area is 105 Å². The number of aryl methyl sites for hydroxylation is 1. The van der Waals surface area contributed by atoms with E-state index in [0.717, 1.165) is 16.8 Å². The second-order valence-corrected chi connectivity index (χ2v) is 3.97. The molecule has 0 saturated carbocycles. The van der Waals surface area contributed by atoms with Gasteiger partial charge in [-0.25, -0.2) is 0 Å². The second-order valence-electron chi connectivity index (χ2n) is 3.97. The van der Waals surface area contributed by atoms with Gasteiger partial charge >= 0.3 is 0 Å². The summed E-state index contributed by atoms with van der Waals surface area (Å²) in [5, 5.41) is 13.9. The topological polar surface area (TPSA) is 68.1 Å². The largest absolute Gasteiger partial charge is 0.381 e. The number of aromatic nitrogens is 1. The van der Waals surface area contributed by atoms with Gasteiger partial charge < -0.3 is 5.32 Å². The maximum absolute atomic E-state index is 10.7. The zero-order valence-electron chi connectivity index (χ0n) is 9.96. The lowest BCUT2D eigenvalue weighted by Crippen LogP contribution is -2.01. The molecule has 0 radical (unpaired) electrons. The number of nitrogens with zero attached hydrogens (tertiary/aromatic N) is 2. The molecule has 0 unspecified atom stereocenters. The van der Waals surface area contributed by atoms with Gasteiger partial charge in [0.25, 0.3) is 5.69 Å². The van der Waals surface area contributed by atoms with Gasteiger partial charge in [-0.3, -0.25) is 15.1 Å². The Balaban J connectivity index is 2.09. The lowest BCUT2D eigenvalue weighted by Gasteiger charge is -2.08. The van der Waals surface area contributed by atoms with Gasteiger partial charge in [0, 0.05) is 36.8 Å². The number of anilines is 1. The predicted molar refractivity (Wildman–Crippen MR) is 69.4 cm³/mol. The molecule has 92 valence electrons. The summed E-state index contributed by atoms with van der Waals surface area (Å²) in [6, 6.07) is 8.49. The third kappa shape index (κ3) is 2.82. The van der Waals surface area contributed by atoms with Crippen molar-refractivity contribution in [1.29, 1.82) is 0 Å². The Bertz CT molecular complexity index is 570. The lowest BCUT2D eigenvalue weighted by atomic mass is 10.2.